The van der Waals surface area contributed by atoms with Crippen molar-refractivity contribution >= 4 is 31.3 Å². The normalized spacial score (nSPS) is 15.6. The van der Waals surface area contributed by atoms with Crippen molar-refractivity contribution in [3.05, 3.63) is 53.2 Å². The molecular weight excluding hydrogens is 395 g/mol. The molecule has 0 fully saturated rings. The second kappa shape index (κ2) is 6.65. The maximum Gasteiger partial charge on any atom is 0.255 e. The molecule has 1 N–H and O–H groups in total. The largest absolute Gasteiger partial charge is 0.372 e. The van der Waals surface area contributed by atoms with E-state index < -0.39 is 31.1 Å². The van der Waals surface area contributed by atoms with Crippen LogP contribution in [0.5, 0.6) is 0 Å². The lowest BCUT2D eigenvalue weighted by atomic mass is 10.1. The van der Waals surface area contributed by atoms with Crippen LogP contribution in [0.15, 0.2) is 30.6 Å². The van der Waals surface area contributed by atoms with Crippen molar-refractivity contribution in [2.24, 2.45) is 0 Å². The van der Waals surface area contributed by atoms with Gasteiger partial charge in [-0.2, -0.15) is 19.6 Å². The first-order chi connectivity index (χ1) is 12.9. The third-order valence-corrected chi connectivity index (χ3v) is 8.46. The Balaban J connectivity index is 1.88. The first-order valence-corrected chi connectivity index (χ1v) is 11.8. The van der Waals surface area contributed by atoms with Crippen LogP contribution in [0.4, 0.5) is 19.0 Å². The first kappa shape index (κ1) is 18.0. The molecule has 0 spiro atoms. The summed E-state index contributed by atoms with van der Waals surface area (Å²) in [4.78, 5) is 8.06. The second-order valence-electron chi connectivity index (χ2n) is 6.89. The molecule has 0 saturated heterocycles. The lowest BCUT2D eigenvalue weighted by molar-refractivity contribution is 0.548. The fourth-order valence-corrected chi connectivity index (χ4v) is 6.02. The highest BCUT2D eigenvalue weighted by Crippen LogP contribution is 2.38. The standard InChI is InChI=1S/C17H15ClF3N5Si/c1-27(4-2-3-5-27)9-23-16-14(13-11(20)6-10(19)7-12(13)21)15(18)25-17-22-8-24-26(16)17/h2-3,6-8,23H,4-5,9H2,1H3. The van der Waals surface area contributed by atoms with E-state index in [0.29, 0.717) is 18.3 Å². The van der Waals surface area contributed by atoms with Gasteiger partial charge in [0.05, 0.1) is 19.2 Å². The third-order valence-electron chi connectivity index (χ3n) is 4.71. The molecule has 140 valence electrons. The van der Waals surface area contributed by atoms with Gasteiger partial charge in [0.2, 0.25) is 0 Å². The summed E-state index contributed by atoms with van der Waals surface area (Å²) in [7, 11) is -1.61. The zero-order valence-corrected chi connectivity index (χ0v) is 16.1. The molecular formula is C17H15ClF3N5Si. The molecule has 3 aromatic rings. The zero-order valence-electron chi connectivity index (χ0n) is 14.3. The van der Waals surface area contributed by atoms with Crippen molar-refractivity contribution in [2.75, 3.05) is 11.5 Å². The number of halogens is 4. The minimum Gasteiger partial charge on any atom is -0.372 e. The number of hydrogen-bond acceptors (Lipinski definition) is 4. The van der Waals surface area contributed by atoms with Gasteiger partial charge in [-0.15, -0.1) is 0 Å². The van der Waals surface area contributed by atoms with Crippen LogP contribution in [0.2, 0.25) is 23.8 Å². The predicted molar refractivity (Wildman–Crippen MR) is 100.0 cm³/mol. The van der Waals surface area contributed by atoms with Crippen LogP contribution >= 0.6 is 11.6 Å². The highest BCUT2D eigenvalue weighted by molar-refractivity contribution is 6.80. The van der Waals surface area contributed by atoms with Gasteiger partial charge < -0.3 is 5.32 Å². The molecule has 1 aliphatic rings. The zero-order chi connectivity index (χ0) is 19.2. The summed E-state index contributed by atoms with van der Waals surface area (Å²) in [6, 6.07) is 3.24. The number of hydrogen-bond donors (Lipinski definition) is 1. The quantitative estimate of drug-likeness (QED) is 0.392. The Hall–Kier alpha value is -2.39. The van der Waals surface area contributed by atoms with Gasteiger partial charge in [-0.1, -0.05) is 30.3 Å². The molecule has 0 unspecified atom stereocenters. The Labute approximate surface area is 158 Å². The second-order valence-corrected chi connectivity index (χ2v) is 12.0. The van der Waals surface area contributed by atoms with Gasteiger partial charge in [0.15, 0.2) is 0 Å². The van der Waals surface area contributed by atoms with Crippen molar-refractivity contribution < 1.29 is 13.2 Å². The van der Waals surface area contributed by atoms with Gasteiger partial charge in [-0.05, 0) is 12.1 Å². The lowest BCUT2D eigenvalue weighted by Crippen LogP contribution is -2.36. The molecule has 0 radical (unpaired) electrons. The number of nitrogens with zero attached hydrogens (tertiary/aromatic N) is 4. The molecule has 4 rings (SSSR count). The minimum atomic E-state index is -1.61. The molecule has 0 saturated carbocycles. The predicted octanol–water partition coefficient (Wildman–Crippen LogP) is 4.46. The number of aromatic nitrogens is 4. The highest BCUT2D eigenvalue weighted by atomic mass is 35.5. The molecule has 0 amide bonds. The lowest BCUT2D eigenvalue weighted by Gasteiger charge is -2.23. The summed E-state index contributed by atoms with van der Waals surface area (Å²) in [6.07, 6.45) is 6.23. The molecule has 1 aliphatic heterocycles. The number of nitrogens with one attached hydrogen (secondary N) is 1. The molecule has 2 aromatic heterocycles. The van der Waals surface area contributed by atoms with Crippen LogP contribution in [-0.2, 0) is 0 Å². The summed E-state index contributed by atoms with van der Waals surface area (Å²) in [5.74, 6) is -2.65. The number of fused-ring (bicyclic) bond motifs is 1. The van der Waals surface area contributed by atoms with E-state index in [-0.39, 0.29) is 22.3 Å². The van der Waals surface area contributed by atoms with Crippen molar-refractivity contribution in [2.45, 2.75) is 18.6 Å². The SMILES string of the molecule is C[Si]1(CNc2c(-c3c(F)cc(F)cc3F)c(Cl)nc3ncnn23)CC=CC1. The van der Waals surface area contributed by atoms with Gasteiger partial charge in [0, 0.05) is 18.3 Å². The average molecular weight is 410 g/mol. The Kier molecular flexibility index (Phi) is 4.43. The van der Waals surface area contributed by atoms with E-state index in [4.69, 9.17) is 11.6 Å². The van der Waals surface area contributed by atoms with Crippen LogP contribution in [0.25, 0.3) is 16.9 Å². The molecule has 0 aliphatic carbocycles. The van der Waals surface area contributed by atoms with Gasteiger partial charge in [0.1, 0.15) is 34.7 Å². The fourth-order valence-electron chi connectivity index (χ4n) is 3.24. The van der Waals surface area contributed by atoms with Crippen molar-refractivity contribution in [1.29, 1.82) is 0 Å². The smallest absolute Gasteiger partial charge is 0.255 e. The number of anilines is 1. The molecule has 27 heavy (non-hydrogen) atoms. The van der Waals surface area contributed by atoms with Crippen molar-refractivity contribution in [1.82, 2.24) is 19.6 Å². The molecule has 5 nitrogen and oxygen atoms in total. The van der Waals surface area contributed by atoms with E-state index in [9.17, 15) is 13.2 Å². The number of benzene rings is 1. The van der Waals surface area contributed by atoms with Crippen LogP contribution in [0.3, 0.4) is 0 Å². The monoisotopic (exact) mass is 409 g/mol. The topological polar surface area (TPSA) is 55.1 Å². The van der Waals surface area contributed by atoms with E-state index in [0.717, 1.165) is 12.1 Å². The van der Waals surface area contributed by atoms with Gasteiger partial charge in [-0.3, -0.25) is 0 Å². The number of rotatable bonds is 4. The summed E-state index contributed by atoms with van der Waals surface area (Å²) in [6.45, 7) is 2.24. The van der Waals surface area contributed by atoms with Crippen molar-refractivity contribution in [3.8, 4) is 11.1 Å². The first-order valence-electron chi connectivity index (χ1n) is 8.31. The van der Waals surface area contributed by atoms with E-state index in [1.165, 1.54) is 10.8 Å². The maximum atomic E-state index is 14.5. The Morgan fingerprint density at radius 2 is 1.81 bits per heavy atom. The van der Waals surface area contributed by atoms with Crippen LogP contribution in [-0.4, -0.2) is 33.8 Å². The molecule has 0 bridgehead atoms. The van der Waals surface area contributed by atoms with E-state index in [1.54, 1.807) is 0 Å². The average Bonchev–Trinajstić information content (AvgIpc) is 3.22. The van der Waals surface area contributed by atoms with E-state index in [2.05, 4.69) is 39.1 Å². The third kappa shape index (κ3) is 3.21. The number of allylic oxidation sites excluding steroid dienone is 2. The Morgan fingerprint density at radius 1 is 1.15 bits per heavy atom. The fraction of sp³-hybridized carbons (Fsp3) is 0.235. The molecule has 1 aromatic carbocycles. The van der Waals surface area contributed by atoms with Crippen LogP contribution in [0.1, 0.15) is 0 Å². The Bertz CT molecular complexity index is 1040. The minimum absolute atomic E-state index is 0.00628. The van der Waals surface area contributed by atoms with Crippen molar-refractivity contribution in [3.63, 3.8) is 0 Å². The molecule has 3 heterocycles. The van der Waals surface area contributed by atoms with Gasteiger partial charge in [0.25, 0.3) is 5.78 Å². The van der Waals surface area contributed by atoms with Gasteiger partial charge in [-0.25, -0.2) is 13.2 Å². The summed E-state index contributed by atoms with van der Waals surface area (Å²) >= 11 is 6.25. The maximum absolute atomic E-state index is 14.5. The van der Waals surface area contributed by atoms with E-state index >= 15 is 0 Å². The van der Waals surface area contributed by atoms with Gasteiger partial charge >= 0.3 is 0 Å². The summed E-state index contributed by atoms with van der Waals surface area (Å²) in [5, 5.41) is 7.22. The summed E-state index contributed by atoms with van der Waals surface area (Å²) < 4.78 is 43.6. The summed E-state index contributed by atoms with van der Waals surface area (Å²) in [5.41, 5.74) is -0.460. The molecule has 0 atom stereocenters. The van der Waals surface area contributed by atoms with Crippen LogP contribution < -0.4 is 5.32 Å². The Morgan fingerprint density at radius 3 is 2.48 bits per heavy atom. The van der Waals surface area contributed by atoms with E-state index in [1.807, 2.05) is 0 Å². The highest BCUT2D eigenvalue weighted by Gasteiger charge is 2.30. The molecule has 10 heteroatoms. The van der Waals surface area contributed by atoms with Crippen LogP contribution in [0, 0.1) is 17.5 Å².